The Bertz CT molecular complexity index is 1280. The quantitative estimate of drug-likeness (QED) is 0.288. The van der Waals surface area contributed by atoms with Gasteiger partial charge in [-0.1, -0.05) is 46.3 Å². The first-order valence-electron chi connectivity index (χ1n) is 9.54. The fourth-order valence-electron chi connectivity index (χ4n) is 3.38. The van der Waals surface area contributed by atoms with Crippen molar-refractivity contribution in [3.05, 3.63) is 70.2 Å². The Labute approximate surface area is 187 Å². The summed E-state index contributed by atoms with van der Waals surface area (Å²) < 4.78 is 11.2. The van der Waals surface area contributed by atoms with Gasteiger partial charge in [-0.05, 0) is 53.6 Å². The van der Waals surface area contributed by atoms with Crippen molar-refractivity contribution in [2.45, 2.75) is 13.8 Å². The smallest absolute Gasteiger partial charge is 0.308 e. The zero-order valence-electron chi connectivity index (χ0n) is 17.2. The molecule has 0 aromatic heterocycles. The molecule has 4 rings (SSSR count). The minimum atomic E-state index is -0.448. The van der Waals surface area contributed by atoms with Gasteiger partial charge < -0.3 is 9.47 Å². The van der Waals surface area contributed by atoms with Crippen LogP contribution in [0.1, 0.15) is 19.4 Å². The molecule has 0 radical (unpaired) electrons. The Morgan fingerprint density at radius 3 is 2.52 bits per heavy atom. The number of fused-ring (bicyclic) bond motifs is 1. The van der Waals surface area contributed by atoms with Gasteiger partial charge >= 0.3 is 5.97 Å². The summed E-state index contributed by atoms with van der Waals surface area (Å²) in [6.07, 6.45) is 1.74. The number of amides is 1. The van der Waals surface area contributed by atoms with Gasteiger partial charge in [-0.3, -0.25) is 9.59 Å². The second-order valence-electron chi connectivity index (χ2n) is 7.01. The highest BCUT2D eigenvalue weighted by Crippen LogP contribution is 2.36. The standard InChI is InChI=1S/C24H19BrN2O4/c1-14-20(11-18-12-22(30-3)23(13-21(18)25)31-15(2)28)24(29)27(26-14)19-9-8-16-6-4-5-7-17(16)10-19/h4-13H,1-3H3. The molecule has 0 bridgehead atoms. The lowest BCUT2D eigenvalue weighted by Gasteiger charge is -2.13. The van der Waals surface area contributed by atoms with E-state index in [0.29, 0.717) is 38.5 Å². The summed E-state index contributed by atoms with van der Waals surface area (Å²) in [5.41, 5.74) is 2.48. The number of methoxy groups -OCH3 is 1. The molecule has 0 aliphatic carbocycles. The monoisotopic (exact) mass is 478 g/mol. The molecular formula is C24H19BrN2O4. The van der Waals surface area contributed by atoms with Gasteiger partial charge in [-0.25, -0.2) is 0 Å². The molecule has 1 heterocycles. The fourth-order valence-corrected chi connectivity index (χ4v) is 3.82. The maximum Gasteiger partial charge on any atom is 0.308 e. The van der Waals surface area contributed by atoms with Crippen molar-refractivity contribution in [3.63, 3.8) is 0 Å². The molecule has 6 nitrogen and oxygen atoms in total. The summed E-state index contributed by atoms with van der Waals surface area (Å²) in [5.74, 6) is 0.0145. The Morgan fingerprint density at radius 2 is 1.81 bits per heavy atom. The van der Waals surface area contributed by atoms with E-state index in [1.807, 2.05) is 42.5 Å². The summed E-state index contributed by atoms with van der Waals surface area (Å²) in [5, 5.41) is 8.01. The minimum absolute atomic E-state index is 0.220. The van der Waals surface area contributed by atoms with E-state index >= 15 is 0 Å². The molecule has 3 aromatic carbocycles. The fraction of sp³-hybridized carbons (Fsp3) is 0.125. The number of nitrogens with zero attached hydrogens (tertiary/aromatic N) is 2. The SMILES string of the molecule is COc1cc(C=C2C(=O)N(c3ccc4ccccc4c3)N=C2C)c(Br)cc1OC(C)=O. The molecule has 0 unspecified atom stereocenters. The van der Waals surface area contributed by atoms with Gasteiger partial charge in [0, 0.05) is 11.4 Å². The minimum Gasteiger partial charge on any atom is -0.493 e. The summed E-state index contributed by atoms with van der Waals surface area (Å²) in [6, 6.07) is 17.1. The van der Waals surface area contributed by atoms with Crippen molar-refractivity contribution in [2.24, 2.45) is 5.10 Å². The van der Waals surface area contributed by atoms with E-state index in [9.17, 15) is 9.59 Å². The number of esters is 1. The molecule has 1 aliphatic rings. The van der Waals surface area contributed by atoms with Crippen LogP contribution in [0.15, 0.2) is 69.7 Å². The highest BCUT2D eigenvalue weighted by atomic mass is 79.9. The van der Waals surface area contributed by atoms with Crippen molar-refractivity contribution < 1.29 is 19.1 Å². The van der Waals surface area contributed by atoms with E-state index in [2.05, 4.69) is 21.0 Å². The Hall–Kier alpha value is -3.45. The molecule has 0 saturated carbocycles. The van der Waals surface area contributed by atoms with Crippen LogP contribution in [0.3, 0.4) is 0 Å². The van der Waals surface area contributed by atoms with Crippen LogP contribution in [0.5, 0.6) is 11.5 Å². The number of carbonyl (C=O) groups excluding carboxylic acids is 2. The van der Waals surface area contributed by atoms with Crippen molar-refractivity contribution >= 4 is 56.1 Å². The summed E-state index contributed by atoms with van der Waals surface area (Å²) in [6.45, 7) is 3.12. The Balaban J connectivity index is 1.70. The van der Waals surface area contributed by atoms with Gasteiger partial charge in [0.05, 0.1) is 24.1 Å². The van der Waals surface area contributed by atoms with Gasteiger partial charge in [0.15, 0.2) is 11.5 Å². The molecule has 0 spiro atoms. The van der Waals surface area contributed by atoms with Gasteiger partial charge in [0.25, 0.3) is 5.91 Å². The maximum atomic E-state index is 13.2. The molecule has 0 N–H and O–H groups in total. The second kappa shape index (κ2) is 8.35. The Kier molecular flexibility index (Phi) is 5.61. The second-order valence-corrected chi connectivity index (χ2v) is 7.86. The zero-order chi connectivity index (χ0) is 22.1. The number of anilines is 1. The number of ether oxygens (including phenoxy) is 2. The predicted octanol–water partition coefficient (Wildman–Crippen LogP) is 5.34. The molecule has 3 aromatic rings. The third-order valence-electron chi connectivity index (χ3n) is 4.88. The largest absolute Gasteiger partial charge is 0.493 e. The van der Waals surface area contributed by atoms with E-state index in [1.165, 1.54) is 19.0 Å². The van der Waals surface area contributed by atoms with Crippen LogP contribution in [0.2, 0.25) is 0 Å². The molecule has 0 atom stereocenters. The van der Waals surface area contributed by atoms with Gasteiger partial charge in [-0.2, -0.15) is 10.1 Å². The van der Waals surface area contributed by atoms with Crippen molar-refractivity contribution in [1.82, 2.24) is 0 Å². The number of hydrogen-bond donors (Lipinski definition) is 0. The van der Waals surface area contributed by atoms with E-state index < -0.39 is 5.97 Å². The topological polar surface area (TPSA) is 68.2 Å². The van der Waals surface area contributed by atoms with Crippen molar-refractivity contribution in [3.8, 4) is 11.5 Å². The summed E-state index contributed by atoms with van der Waals surface area (Å²) in [4.78, 5) is 24.5. The number of benzene rings is 3. The third kappa shape index (κ3) is 4.09. The lowest BCUT2D eigenvalue weighted by Crippen LogP contribution is -2.21. The van der Waals surface area contributed by atoms with Crippen molar-refractivity contribution in [1.29, 1.82) is 0 Å². The highest BCUT2D eigenvalue weighted by Gasteiger charge is 2.29. The van der Waals surface area contributed by atoms with Crippen LogP contribution < -0.4 is 14.5 Å². The number of rotatable bonds is 4. The molecule has 0 fully saturated rings. The molecule has 1 amide bonds. The number of halogens is 1. The first kappa shape index (κ1) is 20.8. The molecule has 0 saturated heterocycles. The average molecular weight is 479 g/mol. The molecule has 7 heteroatoms. The molecule has 31 heavy (non-hydrogen) atoms. The van der Waals surface area contributed by atoms with Gasteiger partial charge in [0.2, 0.25) is 0 Å². The first-order chi connectivity index (χ1) is 14.9. The molecule has 156 valence electrons. The maximum absolute atomic E-state index is 13.2. The normalized spacial score (nSPS) is 14.8. The predicted molar refractivity (Wildman–Crippen MR) is 125 cm³/mol. The summed E-state index contributed by atoms with van der Waals surface area (Å²) >= 11 is 3.48. The van der Waals surface area contributed by atoms with Crippen molar-refractivity contribution in [2.75, 3.05) is 12.1 Å². The lowest BCUT2D eigenvalue weighted by molar-refractivity contribution is -0.132. The molecule has 1 aliphatic heterocycles. The van der Waals surface area contributed by atoms with E-state index in [1.54, 1.807) is 25.1 Å². The first-order valence-corrected chi connectivity index (χ1v) is 10.3. The van der Waals surface area contributed by atoms with Crippen LogP contribution in [-0.4, -0.2) is 24.7 Å². The number of hydrogen-bond acceptors (Lipinski definition) is 5. The van der Waals surface area contributed by atoms with E-state index in [-0.39, 0.29) is 5.91 Å². The van der Waals surface area contributed by atoms with Gasteiger partial charge in [-0.15, -0.1) is 0 Å². The third-order valence-corrected chi connectivity index (χ3v) is 5.56. The number of carbonyl (C=O) groups is 2. The molecular weight excluding hydrogens is 460 g/mol. The number of hydrazone groups is 1. The average Bonchev–Trinajstić information content (AvgIpc) is 3.03. The zero-order valence-corrected chi connectivity index (χ0v) is 18.8. The highest BCUT2D eigenvalue weighted by molar-refractivity contribution is 9.10. The van der Waals surface area contributed by atoms with E-state index in [0.717, 1.165) is 10.8 Å². The van der Waals surface area contributed by atoms with Crippen LogP contribution in [-0.2, 0) is 9.59 Å². The Morgan fingerprint density at radius 1 is 1.06 bits per heavy atom. The van der Waals surface area contributed by atoms with Gasteiger partial charge in [0.1, 0.15) is 0 Å². The van der Waals surface area contributed by atoms with Crippen LogP contribution in [0.4, 0.5) is 5.69 Å². The summed E-state index contributed by atoms with van der Waals surface area (Å²) in [7, 11) is 1.49. The van der Waals surface area contributed by atoms with E-state index in [4.69, 9.17) is 9.47 Å². The van der Waals surface area contributed by atoms with Crippen LogP contribution in [0.25, 0.3) is 16.8 Å². The lowest BCUT2D eigenvalue weighted by atomic mass is 10.1. The van der Waals surface area contributed by atoms with Crippen LogP contribution in [0, 0.1) is 0 Å². The van der Waals surface area contributed by atoms with Crippen LogP contribution >= 0.6 is 15.9 Å².